The Morgan fingerprint density at radius 3 is 2.83 bits per heavy atom. The number of carbonyl (C=O) groups is 1. The molecule has 0 atom stereocenters. The summed E-state index contributed by atoms with van der Waals surface area (Å²) in [5.74, 6) is 1.04. The second-order valence-corrected chi connectivity index (χ2v) is 5.34. The van der Waals surface area contributed by atoms with E-state index in [1.165, 1.54) is 0 Å². The van der Waals surface area contributed by atoms with Gasteiger partial charge in [-0.2, -0.15) is 11.8 Å². The molecular weight excluding hydrogens is 246 g/mol. The van der Waals surface area contributed by atoms with Gasteiger partial charge in [-0.25, -0.2) is 0 Å². The predicted molar refractivity (Wildman–Crippen MR) is 80.1 cm³/mol. The van der Waals surface area contributed by atoms with Crippen molar-refractivity contribution < 1.29 is 4.79 Å². The van der Waals surface area contributed by atoms with E-state index in [1.807, 2.05) is 31.0 Å². The summed E-state index contributed by atoms with van der Waals surface area (Å²) in [5, 5.41) is 2.90. The monoisotopic (exact) mass is 267 g/mol. The van der Waals surface area contributed by atoms with Gasteiger partial charge in [0.25, 0.3) is 0 Å². The zero-order valence-corrected chi connectivity index (χ0v) is 12.0. The number of amides is 1. The number of likely N-dealkylation sites (N-methyl/N-ethyl adjacent to an activating group) is 1. The van der Waals surface area contributed by atoms with Gasteiger partial charge < -0.3 is 11.1 Å². The quantitative estimate of drug-likeness (QED) is 0.772. The van der Waals surface area contributed by atoms with E-state index in [2.05, 4.69) is 11.6 Å². The van der Waals surface area contributed by atoms with Crippen molar-refractivity contribution in [2.45, 2.75) is 6.92 Å². The van der Waals surface area contributed by atoms with Gasteiger partial charge in [0.1, 0.15) is 0 Å². The summed E-state index contributed by atoms with van der Waals surface area (Å²) in [7, 11) is 1.95. The zero-order chi connectivity index (χ0) is 13.5. The number of benzene rings is 1. The summed E-state index contributed by atoms with van der Waals surface area (Å²) in [6, 6.07) is 5.48. The maximum atomic E-state index is 11.8. The molecule has 0 aromatic heterocycles. The van der Waals surface area contributed by atoms with Gasteiger partial charge in [-0.1, -0.05) is 0 Å². The lowest BCUT2D eigenvalue weighted by Crippen LogP contribution is -2.31. The number of aryl methyl sites for hydroxylation is 1. The highest BCUT2D eigenvalue weighted by molar-refractivity contribution is 7.98. The van der Waals surface area contributed by atoms with E-state index < -0.39 is 0 Å². The largest absolute Gasteiger partial charge is 0.399 e. The molecule has 1 aromatic rings. The van der Waals surface area contributed by atoms with Crippen LogP contribution in [-0.4, -0.2) is 43.0 Å². The van der Waals surface area contributed by atoms with Crippen LogP contribution in [0.1, 0.15) is 5.56 Å². The highest BCUT2D eigenvalue weighted by atomic mass is 32.2. The molecule has 0 fully saturated rings. The molecule has 0 aliphatic heterocycles. The number of nitrogen functional groups attached to an aromatic ring is 1. The first kappa shape index (κ1) is 14.9. The van der Waals surface area contributed by atoms with Crippen molar-refractivity contribution in [1.82, 2.24) is 4.90 Å². The van der Waals surface area contributed by atoms with Crippen LogP contribution in [0.2, 0.25) is 0 Å². The SMILES string of the molecule is CSCCN(C)CC(=O)Nc1ccc(N)cc1C. The number of anilines is 2. The fourth-order valence-corrected chi connectivity index (χ4v) is 2.08. The number of hydrogen-bond acceptors (Lipinski definition) is 4. The molecule has 4 nitrogen and oxygen atoms in total. The van der Waals surface area contributed by atoms with Crippen molar-refractivity contribution in [1.29, 1.82) is 0 Å². The second-order valence-electron chi connectivity index (χ2n) is 4.35. The normalized spacial score (nSPS) is 10.7. The van der Waals surface area contributed by atoms with E-state index in [1.54, 1.807) is 17.8 Å². The lowest BCUT2D eigenvalue weighted by atomic mass is 10.2. The summed E-state index contributed by atoms with van der Waals surface area (Å²) in [6.07, 6.45) is 2.06. The molecule has 18 heavy (non-hydrogen) atoms. The van der Waals surface area contributed by atoms with Crippen molar-refractivity contribution in [2.75, 3.05) is 43.2 Å². The number of nitrogens with zero attached hydrogens (tertiary/aromatic N) is 1. The Labute approximate surface area is 113 Å². The van der Waals surface area contributed by atoms with Crippen LogP contribution >= 0.6 is 11.8 Å². The average molecular weight is 267 g/mol. The third-order valence-electron chi connectivity index (χ3n) is 2.62. The molecule has 1 rings (SSSR count). The Bertz CT molecular complexity index is 409. The van der Waals surface area contributed by atoms with Crippen LogP contribution in [-0.2, 0) is 4.79 Å². The van der Waals surface area contributed by atoms with Gasteiger partial charge in [0.15, 0.2) is 0 Å². The molecule has 0 spiro atoms. The lowest BCUT2D eigenvalue weighted by molar-refractivity contribution is -0.117. The number of nitrogens with two attached hydrogens (primary N) is 1. The molecule has 5 heteroatoms. The van der Waals surface area contributed by atoms with Gasteiger partial charge in [-0.3, -0.25) is 9.69 Å². The molecular formula is C13H21N3OS. The minimum absolute atomic E-state index is 0.00599. The molecule has 0 saturated carbocycles. The zero-order valence-electron chi connectivity index (χ0n) is 11.2. The van der Waals surface area contributed by atoms with Crippen LogP contribution in [0.15, 0.2) is 18.2 Å². The van der Waals surface area contributed by atoms with Crippen molar-refractivity contribution in [2.24, 2.45) is 0 Å². The summed E-state index contributed by atoms with van der Waals surface area (Å²) in [4.78, 5) is 13.8. The van der Waals surface area contributed by atoms with Crippen LogP contribution < -0.4 is 11.1 Å². The molecule has 0 aliphatic carbocycles. The van der Waals surface area contributed by atoms with Crippen LogP contribution in [0.3, 0.4) is 0 Å². The van der Waals surface area contributed by atoms with Crippen LogP contribution in [0.4, 0.5) is 11.4 Å². The molecule has 100 valence electrons. The first-order chi connectivity index (χ1) is 8.52. The van der Waals surface area contributed by atoms with E-state index in [9.17, 15) is 4.79 Å². The van der Waals surface area contributed by atoms with Crippen molar-refractivity contribution in [3.8, 4) is 0 Å². The van der Waals surface area contributed by atoms with Crippen molar-refractivity contribution >= 4 is 29.0 Å². The van der Waals surface area contributed by atoms with Gasteiger partial charge >= 0.3 is 0 Å². The molecule has 1 aromatic carbocycles. The van der Waals surface area contributed by atoms with Gasteiger partial charge in [-0.05, 0) is 44.0 Å². The third kappa shape index (κ3) is 4.98. The van der Waals surface area contributed by atoms with Gasteiger partial charge in [-0.15, -0.1) is 0 Å². The van der Waals surface area contributed by atoms with Crippen LogP contribution in [0.25, 0.3) is 0 Å². The van der Waals surface area contributed by atoms with Crippen molar-refractivity contribution in [3.05, 3.63) is 23.8 Å². The van der Waals surface area contributed by atoms with Gasteiger partial charge in [0.05, 0.1) is 6.54 Å². The van der Waals surface area contributed by atoms with E-state index in [-0.39, 0.29) is 5.91 Å². The topological polar surface area (TPSA) is 58.4 Å². The lowest BCUT2D eigenvalue weighted by Gasteiger charge is -2.16. The molecule has 3 N–H and O–H groups in total. The van der Waals surface area contributed by atoms with E-state index in [0.717, 1.165) is 23.5 Å². The third-order valence-corrected chi connectivity index (χ3v) is 3.21. The second kappa shape index (κ2) is 7.28. The summed E-state index contributed by atoms with van der Waals surface area (Å²) in [6.45, 7) is 3.25. The standard InChI is InChI=1S/C13H21N3OS/c1-10-8-11(14)4-5-12(10)15-13(17)9-16(2)6-7-18-3/h4-5,8H,6-7,9,14H2,1-3H3,(H,15,17). The van der Waals surface area contributed by atoms with Crippen LogP contribution in [0, 0.1) is 6.92 Å². The number of thioether (sulfide) groups is 1. The summed E-state index contributed by atoms with van der Waals surface area (Å²) in [5.41, 5.74) is 8.19. The molecule has 0 radical (unpaired) electrons. The first-order valence-corrected chi connectivity index (χ1v) is 7.25. The summed E-state index contributed by atoms with van der Waals surface area (Å²) < 4.78 is 0. The number of carbonyl (C=O) groups excluding carboxylic acids is 1. The number of rotatable bonds is 6. The maximum Gasteiger partial charge on any atom is 0.238 e. The minimum atomic E-state index is 0.00599. The highest BCUT2D eigenvalue weighted by Gasteiger charge is 2.08. The Hall–Kier alpha value is -1.20. The number of hydrogen-bond donors (Lipinski definition) is 2. The van der Waals surface area contributed by atoms with Crippen LogP contribution in [0.5, 0.6) is 0 Å². The fraction of sp³-hybridized carbons (Fsp3) is 0.462. The smallest absolute Gasteiger partial charge is 0.238 e. The average Bonchev–Trinajstić information content (AvgIpc) is 2.30. The Balaban J connectivity index is 2.49. The first-order valence-electron chi connectivity index (χ1n) is 5.86. The van der Waals surface area contributed by atoms with Crippen molar-refractivity contribution in [3.63, 3.8) is 0 Å². The molecule has 0 aliphatic rings. The molecule has 0 unspecified atom stereocenters. The maximum absolute atomic E-state index is 11.8. The number of nitrogens with one attached hydrogen (secondary N) is 1. The molecule has 0 saturated heterocycles. The van der Waals surface area contributed by atoms with E-state index in [0.29, 0.717) is 12.2 Å². The van der Waals surface area contributed by atoms with Gasteiger partial charge in [0.2, 0.25) is 5.91 Å². The minimum Gasteiger partial charge on any atom is -0.399 e. The molecule has 0 heterocycles. The highest BCUT2D eigenvalue weighted by Crippen LogP contribution is 2.17. The summed E-state index contributed by atoms with van der Waals surface area (Å²) >= 11 is 1.78. The molecule has 0 bridgehead atoms. The Kier molecular flexibility index (Phi) is 6.01. The van der Waals surface area contributed by atoms with E-state index in [4.69, 9.17) is 5.73 Å². The van der Waals surface area contributed by atoms with Gasteiger partial charge in [0, 0.05) is 23.7 Å². The Morgan fingerprint density at radius 2 is 2.22 bits per heavy atom. The predicted octanol–water partition coefficient (Wildman–Crippen LogP) is 1.81. The molecule has 1 amide bonds. The Morgan fingerprint density at radius 1 is 1.50 bits per heavy atom. The fourth-order valence-electron chi connectivity index (χ4n) is 1.59. The van der Waals surface area contributed by atoms with E-state index >= 15 is 0 Å².